The number of pyridine rings is 1. The van der Waals surface area contributed by atoms with E-state index >= 15 is 0 Å². The average molecular weight is 238 g/mol. The first-order chi connectivity index (χ1) is 8.92. The van der Waals surface area contributed by atoms with E-state index in [1.807, 2.05) is 48.7 Å². The molecule has 0 aliphatic rings. The third kappa shape index (κ3) is 2.35. The molecule has 3 heteroatoms. The minimum absolute atomic E-state index is 0.646. The number of nitrogens with zero attached hydrogens (tertiary/aromatic N) is 1. The van der Waals surface area contributed by atoms with Crippen molar-refractivity contribution in [3.63, 3.8) is 0 Å². The SMILES string of the molecule is c1ccc(CCOc2ccc3[nH]ccc3c2)nc1. The van der Waals surface area contributed by atoms with E-state index in [-0.39, 0.29) is 0 Å². The maximum absolute atomic E-state index is 5.73. The van der Waals surface area contributed by atoms with Gasteiger partial charge in [-0.25, -0.2) is 0 Å². The Morgan fingerprint density at radius 2 is 2.11 bits per heavy atom. The lowest BCUT2D eigenvalue weighted by atomic mass is 10.2. The molecule has 3 aromatic rings. The number of ether oxygens (including phenoxy) is 1. The highest BCUT2D eigenvalue weighted by atomic mass is 16.5. The highest BCUT2D eigenvalue weighted by Crippen LogP contribution is 2.19. The summed E-state index contributed by atoms with van der Waals surface area (Å²) in [6.45, 7) is 0.646. The molecule has 0 saturated heterocycles. The molecule has 0 radical (unpaired) electrons. The van der Waals surface area contributed by atoms with E-state index in [9.17, 15) is 0 Å². The molecule has 90 valence electrons. The lowest BCUT2D eigenvalue weighted by Gasteiger charge is -2.05. The van der Waals surface area contributed by atoms with Gasteiger partial charge in [0.05, 0.1) is 6.61 Å². The van der Waals surface area contributed by atoms with Crippen LogP contribution in [0.15, 0.2) is 54.9 Å². The van der Waals surface area contributed by atoms with Crippen molar-refractivity contribution in [3.8, 4) is 5.75 Å². The molecule has 2 aromatic heterocycles. The van der Waals surface area contributed by atoms with Gasteiger partial charge in [0.2, 0.25) is 0 Å². The monoisotopic (exact) mass is 238 g/mol. The molecule has 0 amide bonds. The first kappa shape index (κ1) is 10.8. The molecule has 18 heavy (non-hydrogen) atoms. The lowest BCUT2D eigenvalue weighted by molar-refractivity contribution is 0.321. The molecular formula is C15H14N2O. The molecule has 3 nitrogen and oxygen atoms in total. The topological polar surface area (TPSA) is 37.9 Å². The van der Waals surface area contributed by atoms with E-state index in [1.54, 1.807) is 6.20 Å². The Morgan fingerprint density at radius 3 is 3.00 bits per heavy atom. The molecule has 0 fully saturated rings. The van der Waals surface area contributed by atoms with Crippen LogP contribution in [0.2, 0.25) is 0 Å². The highest BCUT2D eigenvalue weighted by Gasteiger charge is 1.99. The summed E-state index contributed by atoms with van der Waals surface area (Å²) in [5.74, 6) is 0.901. The Hall–Kier alpha value is -2.29. The second kappa shape index (κ2) is 4.92. The summed E-state index contributed by atoms with van der Waals surface area (Å²) >= 11 is 0. The molecule has 0 spiro atoms. The summed E-state index contributed by atoms with van der Waals surface area (Å²) < 4.78 is 5.73. The van der Waals surface area contributed by atoms with Crippen LogP contribution in [0, 0.1) is 0 Å². The second-order valence-corrected chi connectivity index (χ2v) is 4.15. The molecular weight excluding hydrogens is 224 g/mol. The van der Waals surface area contributed by atoms with Crippen molar-refractivity contribution in [2.24, 2.45) is 0 Å². The first-order valence-electron chi connectivity index (χ1n) is 6.02. The molecule has 0 unspecified atom stereocenters. The number of aromatic amines is 1. The Bertz CT molecular complexity index is 631. The maximum atomic E-state index is 5.73. The van der Waals surface area contributed by atoms with Crippen LogP contribution >= 0.6 is 0 Å². The first-order valence-corrected chi connectivity index (χ1v) is 6.02. The van der Waals surface area contributed by atoms with E-state index in [0.717, 1.165) is 23.4 Å². The fourth-order valence-corrected chi connectivity index (χ4v) is 1.94. The number of hydrogen-bond acceptors (Lipinski definition) is 2. The number of rotatable bonds is 4. The molecule has 0 saturated carbocycles. The summed E-state index contributed by atoms with van der Waals surface area (Å²) in [5.41, 5.74) is 2.19. The van der Waals surface area contributed by atoms with Crippen LogP contribution in [0.1, 0.15) is 5.69 Å². The molecule has 3 rings (SSSR count). The fraction of sp³-hybridized carbons (Fsp3) is 0.133. The number of H-pyrrole nitrogens is 1. The van der Waals surface area contributed by atoms with Crippen molar-refractivity contribution in [2.75, 3.05) is 6.61 Å². The van der Waals surface area contributed by atoms with Crippen molar-refractivity contribution in [3.05, 3.63) is 60.6 Å². The molecule has 0 aliphatic carbocycles. The molecule has 1 aromatic carbocycles. The van der Waals surface area contributed by atoms with Crippen molar-refractivity contribution in [1.82, 2.24) is 9.97 Å². The van der Waals surface area contributed by atoms with Crippen LogP contribution in [-0.4, -0.2) is 16.6 Å². The fourth-order valence-electron chi connectivity index (χ4n) is 1.94. The van der Waals surface area contributed by atoms with Crippen LogP contribution in [0.5, 0.6) is 5.75 Å². The van der Waals surface area contributed by atoms with E-state index in [2.05, 4.69) is 9.97 Å². The molecule has 0 bridgehead atoms. The lowest BCUT2D eigenvalue weighted by Crippen LogP contribution is -2.02. The van der Waals surface area contributed by atoms with Gasteiger partial charge in [0.1, 0.15) is 5.75 Å². The summed E-state index contributed by atoms with van der Waals surface area (Å²) in [7, 11) is 0. The van der Waals surface area contributed by atoms with Gasteiger partial charge in [-0.2, -0.15) is 0 Å². The van der Waals surface area contributed by atoms with Crippen LogP contribution < -0.4 is 4.74 Å². The molecule has 0 aliphatic heterocycles. The predicted octanol–water partition coefficient (Wildman–Crippen LogP) is 3.18. The largest absolute Gasteiger partial charge is 0.493 e. The highest BCUT2D eigenvalue weighted by molar-refractivity contribution is 5.80. The van der Waals surface area contributed by atoms with Gasteiger partial charge in [-0.3, -0.25) is 4.98 Å². The van der Waals surface area contributed by atoms with Gasteiger partial charge in [-0.1, -0.05) is 6.07 Å². The minimum atomic E-state index is 0.646. The molecule has 2 heterocycles. The second-order valence-electron chi connectivity index (χ2n) is 4.15. The van der Waals surface area contributed by atoms with E-state index < -0.39 is 0 Å². The van der Waals surface area contributed by atoms with Gasteiger partial charge in [-0.15, -0.1) is 0 Å². The zero-order valence-corrected chi connectivity index (χ0v) is 9.97. The Labute approximate surface area is 105 Å². The summed E-state index contributed by atoms with van der Waals surface area (Å²) in [6.07, 6.45) is 4.57. The molecule has 0 atom stereocenters. The van der Waals surface area contributed by atoms with Crippen molar-refractivity contribution in [1.29, 1.82) is 0 Å². The van der Waals surface area contributed by atoms with Gasteiger partial charge in [-0.05, 0) is 36.4 Å². The van der Waals surface area contributed by atoms with Gasteiger partial charge in [0, 0.05) is 35.4 Å². The standard InChI is InChI=1S/C15H14N2O/c1-2-8-16-13(3-1)7-10-18-14-4-5-15-12(11-14)6-9-17-15/h1-6,8-9,11,17H,7,10H2. The zero-order chi connectivity index (χ0) is 12.2. The van der Waals surface area contributed by atoms with Crippen molar-refractivity contribution >= 4 is 10.9 Å². The summed E-state index contributed by atoms with van der Waals surface area (Å²) in [5, 5.41) is 1.17. The number of benzene rings is 1. The third-order valence-corrected chi connectivity index (χ3v) is 2.88. The van der Waals surface area contributed by atoms with Gasteiger partial charge < -0.3 is 9.72 Å². The van der Waals surface area contributed by atoms with Crippen LogP contribution in [-0.2, 0) is 6.42 Å². The maximum Gasteiger partial charge on any atom is 0.120 e. The number of hydrogen-bond donors (Lipinski definition) is 1. The minimum Gasteiger partial charge on any atom is -0.493 e. The van der Waals surface area contributed by atoms with Crippen LogP contribution in [0.3, 0.4) is 0 Å². The predicted molar refractivity (Wildman–Crippen MR) is 71.7 cm³/mol. The summed E-state index contributed by atoms with van der Waals surface area (Å²) in [4.78, 5) is 7.43. The van der Waals surface area contributed by atoms with Gasteiger partial charge in [0.25, 0.3) is 0 Å². The Kier molecular flexibility index (Phi) is 2.96. The zero-order valence-electron chi connectivity index (χ0n) is 9.97. The number of aromatic nitrogens is 2. The quantitative estimate of drug-likeness (QED) is 0.758. The smallest absolute Gasteiger partial charge is 0.120 e. The Balaban J connectivity index is 1.62. The third-order valence-electron chi connectivity index (χ3n) is 2.88. The van der Waals surface area contributed by atoms with E-state index in [4.69, 9.17) is 4.74 Å². The van der Waals surface area contributed by atoms with Gasteiger partial charge >= 0.3 is 0 Å². The van der Waals surface area contributed by atoms with Crippen molar-refractivity contribution in [2.45, 2.75) is 6.42 Å². The number of fused-ring (bicyclic) bond motifs is 1. The Morgan fingerprint density at radius 1 is 1.11 bits per heavy atom. The van der Waals surface area contributed by atoms with E-state index in [0.29, 0.717) is 6.61 Å². The van der Waals surface area contributed by atoms with Gasteiger partial charge in [0.15, 0.2) is 0 Å². The number of nitrogens with one attached hydrogen (secondary N) is 1. The van der Waals surface area contributed by atoms with Crippen LogP contribution in [0.4, 0.5) is 0 Å². The summed E-state index contributed by atoms with van der Waals surface area (Å²) in [6, 6.07) is 14.0. The van der Waals surface area contributed by atoms with Crippen molar-refractivity contribution < 1.29 is 4.74 Å². The average Bonchev–Trinajstić information content (AvgIpc) is 2.87. The molecule has 1 N–H and O–H groups in total. The van der Waals surface area contributed by atoms with E-state index in [1.165, 1.54) is 5.39 Å². The normalized spacial score (nSPS) is 10.7. The van der Waals surface area contributed by atoms with Crippen LogP contribution in [0.25, 0.3) is 10.9 Å².